The third-order valence-electron chi connectivity index (χ3n) is 2.96. The van der Waals surface area contributed by atoms with Crippen LogP contribution in [0, 0.1) is 20.8 Å². The summed E-state index contributed by atoms with van der Waals surface area (Å²) in [5.41, 5.74) is 10.8. The predicted octanol–water partition coefficient (Wildman–Crippen LogP) is 3.12. The molecule has 1 aromatic heterocycles. The van der Waals surface area contributed by atoms with Gasteiger partial charge in [0.2, 0.25) is 0 Å². The largest absolute Gasteiger partial charge is 0.325 e. The molecule has 0 aliphatic carbocycles. The summed E-state index contributed by atoms with van der Waals surface area (Å²) in [6.07, 6.45) is 0.968. The Kier molecular flexibility index (Phi) is 3.60. The van der Waals surface area contributed by atoms with Crippen LogP contribution in [-0.2, 0) is 13.0 Å². The van der Waals surface area contributed by atoms with E-state index in [9.17, 15) is 0 Å². The molecular formula is C14H18N2S. The molecule has 90 valence electrons. The van der Waals surface area contributed by atoms with E-state index in [-0.39, 0.29) is 0 Å². The maximum atomic E-state index is 5.62. The van der Waals surface area contributed by atoms with Crippen molar-refractivity contribution in [3.63, 3.8) is 0 Å². The van der Waals surface area contributed by atoms with Crippen LogP contribution in [0.4, 0.5) is 0 Å². The summed E-state index contributed by atoms with van der Waals surface area (Å²) < 4.78 is 0. The highest BCUT2D eigenvalue weighted by Crippen LogP contribution is 2.23. The van der Waals surface area contributed by atoms with Gasteiger partial charge in [-0.2, -0.15) is 0 Å². The van der Waals surface area contributed by atoms with E-state index < -0.39 is 0 Å². The maximum Gasteiger partial charge on any atom is 0.107 e. The summed E-state index contributed by atoms with van der Waals surface area (Å²) in [6.45, 7) is 6.90. The average molecular weight is 246 g/mol. The summed E-state index contributed by atoms with van der Waals surface area (Å²) in [6, 6.07) is 6.62. The first-order valence-electron chi connectivity index (χ1n) is 5.81. The number of aromatic nitrogens is 1. The lowest BCUT2D eigenvalue weighted by Crippen LogP contribution is -1.94. The molecule has 0 bridgehead atoms. The molecule has 0 spiro atoms. The normalized spacial score (nSPS) is 10.8. The number of thiazole rings is 1. The van der Waals surface area contributed by atoms with Crippen molar-refractivity contribution in [2.75, 3.05) is 0 Å². The molecule has 0 saturated heterocycles. The highest BCUT2D eigenvalue weighted by Gasteiger charge is 2.08. The maximum absolute atomic E-state index is 5.62. The first kappa shape index (κ1) is 12.3. The topological polar surface area (TPSA) is 38.9 Å². The Morgan fingerprint density at radius 1 is 1.24 bits per heavy atom. The SMILES string of the molecule is Cc1ccc(Cc2sc(CN)nc2C)c(C)c1. The van der Waals surface area contributed by atoms with Gasteiger partial charge < -0.3 is 5.73 Å². The van der Waals surface area contributed by atoms with Gasteiger partial charge in [0.15, 0.2) is 0 Å². The van der Waals surface area contributed by atoms with Crippen LogP contribution in [-0.4, -0.2) is 4.98 Å². The van der Waals surface area contributed by atoms with Gasteiger partial charge in [-0.3, -0.25) is 0 Å². The molecule has 2 nitrogen and oxygen atoms in total. The smallest absolute Gasteiger partial charge is 0.107 e. The molecule has 0 fully saturated rings. The second-order valence-electron chi connectivity index (χ2n) is 4.43. The zero-order chi connectivity index (χ0) is 12.4. The number of hydrogen-bond acceptors (Lipinski definition) is 3. The number of nitrogens with two attached hydrogens (primary N) is 1. The van der Waals surface area contributed by atoms with Crippen molar-refractivity contribution in [3.05, 3.63) is 50.5 Å². The van der Waals surface area contributed by atoms with Gasteiger partial charge in [0, 0.05) is 17.8 Å². The van der Waals surface area contributed by atoms with E-state index in [1.165, 1.54) is 21.6 Å². The van der Waals surface area contributed by atoms with Crippen molar-refractivity contribution in [1.29, 1.82) is 0 Å². The molecular weight excluding hydrogens is 228 g/mol. The van der Waals surface area contributed by atoms with Crippen LogP contribution < -0.4 is 5.73 Å². The van der Waals surface area contributed by atoms with Crippen LogP contribution in [0.1, 0.15) is 32.3 Å². The van der Waals surface area contributed by atoms with Crippen LogP contribution >= 0.6 is 11.3 Å². The molecule has 2 N–H and O–H groups in total. The molecule has 17 heavy (non-hydrogen) atoms. The van der Waals surface area contributed by atoms with Crippen molar-refractivity contribution in [3.8, 4) is 0 Å². The Morgan fingerprint density at radius 3 is 2.59 bits per heavy atom. The Labute approximate surface area is 107 Å². The van der Waals surface area contributed by atoms with E-state index in [1.54, 1.807) is 11.3 Å². The lowest BCUT2D eigenvalue weighted by Gasteiger charge is -2.05. The minimum atomic E-state index is 0.540. The zero-order valence-electron chi connectivity index (χ0n) is 10.6. The van der Waals surface area contributed by atoms with E-state index in [0.717, 1.165) is 17.1 Å². The Bertz CT molecular complexity index is 529. The first-order chi connectivity index (χ1) is 8.10. The highest BCUT2D eigenvalue weighted by atomic mass is 32.1. The van der Waals surface area contributed by atoms with Gasteiger partial charge in [-0.05, 0) is 31.9 Å². The van der Waals surface area contributed by atoms with E-state index >= 15 is 0 Å². The third kappa shape index (κ3) is 2.73. The molecule has 0 atom stereocenters. The fourth-order valence-corrected chi connectivity index (χ4v) is 2.93. The van der Waals surface area contributed by atoms with Crippen molar-refractivity contribution in [2.45, 2.75) is 33.7 Å². The van der Waals surface area contributed by atoms with Gasteiger partial charge in [-0.25, -0.2) is 4.98 Å². The predicted molar refractivity (Wildman–Crippen MR) is 73.5 cm³/mol. The van der Waals surface area contributed by atoms with E-state index in [2.05, 4.69) is 44.0 Å². The molecule has 0 radical (unpaired) electrons. The molecule has 0 aliphatic rings. The standard InChI is InChI=1S/C14H18N2S/c1-9-4-5-12(10(2)6-9)7-13-11(3)16-14(8-15)17-13/h4-6H,7-8,15H2,1-3H3. The van der Waals surface area contributed by atoms with Gasteiger partial charge in [0.1, 0.15) is 5.01 Å². The summed E-state index contributed by atoms with van der Waals surface area (Å²) in [5.74, 6) is 0. The Balaban J connectivity index is 2.27. The Morgan fingerprint density at radius 2 is 2.00 bits per heavy atom. The molecule has 0 amide bonds. The minimum absolute atomic E-state index is 0.540. The lowest BCUT2D eigenvalue weighted by molar-refractivity contribution is 1.01. The summed E-state index contributed by atoms with van der Waals surface area (Å²) >= 11 is 1.73. The second kappa shape index (κ2) is 4.98. The number of aryl methyl sites for hydroxylation is 3. The van der Waals surface area contributed by atoms with Gasteiger partial charge in [-0.1, -0.05) is 23.8 Å². The van der Waals surface area contributed by atoms with Gasteiger partial charge in [0.05, 0.1) is 5.69 Å². The molecule has 0 aliphatic heterocycles. The Hall–Kier alpha value is -1.19. The molecule has 1 aromatic carbocycles. The van der Waals surface area contributed by atoms with Crippen molar-refractivity contribution >= 4 is 11.3 Å². The summed E-state index contributed by atoms with van der Waals surface area (Å²) in [7, 11) is 0. The summed E-state index contributed by atoms with van der Waals surface area (Å²) in [5, 5.41) is 1.03. The minimum Gasteiger partial charge on any atom is -0.325 e. The molecule has 1 heterocycles. The van der Waals surface area contributed by atoms with Crippen LogP contribution in [0.2, 0.25) is 0 Å². The van der Waals surface area contributed by atoms with Gasteiger partial charge in [-0.15, -0.1) is 11.3 Å². The quantitative estimate of drug-likeness (QED) is 0.903. The molecule has 3 heteroatoms. The van der Waals surface area contributed by atoms with Crippen LogP contribution in [0.5, 0.6) is 0 Å². The second-order valence-corrected chi connectivity index (χ2v) is 5.60. The van der Waals surface area contributed by atoms with Crippen molar-refractivity contribution in [1.82, 2.24) is 4.98 Å². The molecule has 2 aromatic rings. The third-order valence-corrected chi connectivity index (χ3v) is 4.14. The number of hydrogen-bond donors (Lipinski definition) is 1. The van der Waals surface area contributed by atoms with Gasteiger partial charge >= 0.3 is 0 Å². The number of rotatable bonds is 3. The average Bonchev–Trinajstić information content (AvgIpc) is 2.64. The number of nitrogens with zero attached hydrogens (tertiary/aromatic N) is 1. The molecule has 0 unspecified atom stereocenters. The van der Waals surface area contributed by atoms with E-state index in [1.807, 2.05) is 0 Å². The summed E-state index contributed by atoms with van der Waals surface area (Å²) in [4.78, 5) is 5.80. The van der Waals surface area contributed by atoms with E-state index in [0.29, 0.717) is 6.54 Å². The van der Waals surface area contributed by atoms with Gasteiger partial charge in [0.25, 0.3) is 0 Å². The van der Waals surface area contributed by atoms with Crippen molar-refractivity contribution < 1.29 is 0 Å². The number of benzene rings is 1. The monoisotopic (exact) mass is 246 g/mol. The fourth-order valence-electron chi connectivity index (χ4n) is 1.96. The van der Waals surface area contributed by atoms with Crippen LogP contribution in [0.3, 0.4) is 0 Å². The molecule has 0 saturated carbocycles. The fraction of sp³-hybridized carbons (Fsp3) is 0.357. The highest BCUT2D eigenvalue weighted by molar-refractivity contribution is 7.11. The first-order valence-corrected chi connectivity index (χ1v) is 6.63. The van der Waals surface area contributed by atoms with E-state index in [4.69, 9.17) is 5.73 Å². The van der Waals surface area contributed by atoms with Crippen molar-refractivity contribution in [2.24, 2.45) is 5.73 Å². The molecule has 2 rings (SSSR count). The van der Waals surface area contributed by atoms with Crippen LogP contribution in [0.25, 0.3) is 0 Å². The lowest BCUT2D eigenvalue weighted by atomic mass is 10.0. The zero-order valence-corrected chi connectivity index (χ0v) is 11.4. The van der Waals surface area contributed by atoms with Crippen LogP contribution in [0.15, 0.2) is 18.2 Å².